The molecule has 1 atom stereocenters. The Morgan fingerprint density at radius 2 is 2.24 bits per heavy atom. The van der Waals surface area contributed by atoms with Gasteiger partial charge in [0.1, 0.15) is 5.01 Å². The lowest BCUT2D eigenvalue weighted by Crippen LogP contribution is -2.19. The number of aryl methyl sites for hydroxylation is 1. The van der Waals surface area contributed by atoms with Crippen LogP contribution in [0.2, 0.25) is 0 Å². The molecule has 1 aliphatic heterocycles. The molecular weight excluding hydrogens is 228 g/mol. The highest BCUT2D eigenvalue weighted by molar-refractivity contribution is 7.18. The van der Waals surface area contributed by atoms with Gasteiger partial charge in [-0.1, -0.05) is 25.0 Å². The molecule has 1 aromatic carbocycles. The Morgan fingerprint density at radius 3 is 3.12 bits per heavy atom. The number of hydrogen-bond donors (Lipinski definition) is 1. The topological polar surface area (TPSA) is 24.9 Å². The van der Waals surface area contributed by atoms with Gasteiger partial charge in [0.2, 0.25) is 0 Å². The van der Waals surface area contributed by atoms with E-state index in [9.17, 15) is 0 Å². The molecule has 2 heterocycles. The van der Waals surface area contributed by atoms with Crippen molar-refractivity contribution >= 4 is 21.6 Å². The highest BCUT2D eigenvalue weighted by atomic mass is 32.1. The van der Waals surface area contributed by atoms with E-state index in [1.54, 1.807) is 0 Å². The lowest BCUT2D eigenvalue weighted by Gasteiger charge is -2.11. The molecule has 0 radical (unpaired) electrons. The molecule has 90 valence electrons. The maximum Gasteiger partial charge on any atom is 0.111 e. The van der Waals surface area contributed by atoms with Crippen molar-refractivity contribution in [3.8, 4) is 0 Å². The van der Waals surface area contributed by atoms with Gasteiger partial charge in [-0.2, -0.15) is 0 Å². The van der Waals surface area contributed by atoms with Crippen LogP contribution in [0.3, 0.4) is 0 Å². The average molecular weight is 246 g/mol. The monoisotopic (exact) mass is 246 g/mol. The first-order chi connectivity index (χ1) is 8.34. The van der Waals surface area contributed by atoms with Crippen molar-refractivity contribution in [3.63, 3.8) is 0 Å². The summed E-state index contributed by atoms with van der Waals surface area (Å²) in [5, 5.41) is 4.90. The van der Waals surface area contributed by atoms with E-state index in [2.05, 4.69) is 30.4 Å². The molecule has 1 fully saturated rings. The lowest BCUT2D eigenvalue weighted by atomic mass is 10.1. The lowest BCUT2D eigenvalue weighted by molar-refractivity contribution is 0.533. The zero-order valence-corrected chi connectivity index (χ0v) is 11.0. The maximum atomic E-state index is 4.83. The fourth-order valence-electron chi connectivity index (χ4n) is 2.49. The van der Waals surface area contributed by atoms with Gasteiger partial charge >= 0.3 is 0 Å². The van der Waals surface area contributed by atoms with E-state index in [0.717, 1.165) is 6.54 Å². The quantitative estimate of drug-likeness (QED) is 0.827. The number of benzene rings is 1. The third-order valence-electron chi connectivity index (χ3n) is 3.50. The van der Waals surface area contributed by atoms with E-state index in [0.29, 0.717) is 6.04 Å². The van der Waals surface area contributed by atoms with Crippen LogP contribution < -0.4 is 5.32 Å². The van der Waals surface area contributed by atoms with Crippen molar-refractivity contribution in [2.45, 2.75) is 38.6 Å². The molecule has 2 aromatic rings. The Hall–Kier alpha value is -0.930. The molecule has 0 aliphatic carbocycles. The van der Waals surface area contributed by atoms with Crippen molar-refractivity contribution in [1.82, 2.24) is 10.3 Å². The number of thiazole rings is 1. The third kappa shape index (κ3) is 2.22. The first kappa shape index (κ1) is 11.2. The number of nitrogens with zero attached hydrogens (tertiary/aromatic N) is 1. The standard InChI is InChI=1S/C14H18N2S/c1-10-6-5-8-12-13(10)16-14(17-12)11-7-3-2-4-9-15-11/h5-6,8,11,15H,2-4,7,9H2,1H3. The summed E-state index contributed by atoms with van der Waals surface area (Å²) in [5.74, 6) is 0. The van der Waals surface area contributed by atoms with Gasteiger partial charge in [-0.3, -0.25) is 0 Å². The number of rotatable bonds is 1. The highest BCUT2D eigenvalue weighted by Gasteiger charge is 2.17. The van der Waals surface area contributed by atoms with Crippen molar-refractivity contribution in [2.75, 3.05) is 6.54 Å². The van der Waals surface area contributed by atoms with E-state index >= 15 is 0 Å². The summed E-state index contributed by atoms with van der Waals surface area (Å²) in [5.41, 5.74) is 2.48. The number of fused-ring (bicyclic) bond motifs is 1. The number of aromatic nitrogens is 1. The van der Waals surface area contributed by atoms with E-state index in [1.165, 1.54) is 46.5 Å². The van der Waals surface area contributed by atoms with Crippen LogP contribution in [0.15, 0.2) is 18.2 Å². The zero-order valence-electron chi connectivity index (χ0n) is 10.2. The number of nitrogens with one attached hydrogen (secondary N) is 1. The molecule has 0 saturated carbocycles. The fraction of sp³-hybridized carbons (Fsp3) is 0.500. The van der Waals surface area contributed by atoms with Crippen molar-refractivity contribution in [3.05, 3.63) is 28.8 Å². The molecule has 2 nitrogen and oxygen atoms in total. The first-order valence-corrected chi connectivity index (χ1v) is 7.26. The molecule has 0 bridgehead atoms. The van der Waals surface area contributed by atoms with E-state index < -0.39 is 0 Å². The molecule has 1 aromatic heterocycles. The summed E-state index contributed by atoms with van der Waals surface area (Å²) in [7, 11) is 0. The van der Waals surface area contributed by atoms with Gasteiger partial charge < -0.3 is 5.32 Å². The normalized spacial score (nSPS) is 21.6. The molecule has 1 unspecified atom stereocenters. The minimum atomic E-state index is 0.481. The predicted molar refractivity (Wildman–Crippen MR) is 73.6 cm³/mol. The van der Waals surface area contributed by atoms with Gasteiger partial charge in [-0.25, -0.2) is 4.98 Å². The van der Waals surface area contributed by atoms with Crippen LogP contribution in [-0.4, -0.2) is 11.5 Å². The van der Waals surface area contributed by atoms with Crippen LogP contribution in [-0.2, 0) is 0 Å². The molecule has 1 aliphatic rings. The minimum Gasteiger partial charge on any atom is -0.308 e. The van der Waals surface area contributed by atoms with Gasteiger partial charge in [-0.15, -0.1) is 11.3 Å². The minimum absolute atomic E-state index is 0.481. The van der Waals surface area contributed by atoms with Gasteiger partial charge in [0, 0.05) is 0 Å². The smallest absolute Gasteiger partial charge is 0.111 e. The third-order valence-corrected chi connectivity index (χ3v) is 4.63. The average Bonchev–Trinajstić information content (AvgIpc) is 2.59. The van der Waals surface area contributed by atoms with Crippen LogP contribution in [0.25, 0.3) is 10.2 Å². The van der Waals surface area contributed by atoms with Crippen molar-refractivity contribution in [2.24, 2.45) is 0 Å². The molecule has 3 rings (SSSR count). The second-order valence-corrected chi connectivity index (χ2v) is 5.89. The summed E-state index contributed by atoms with van der Waals surface area (Å²) in [6, 6.07) is 6.93. The molecule has 17 heavy (non-hydrogen) atoms. The summed E-state index contributed by atoms with van der Waals surface area (Å²) >= 11 is 1.85. The molecule has 1 saturated heterocycles. The molecule has 3 heteroatoms. The Morgan fingerprint density at radius 1 is 1.29 bits per heavy atom. The summed E-state index contributed by atoms with van der Waals surface area (Å²) in [6.45, 7) is 3.28. The van der Waals surface area contributed by atoms with Gasteiger partial charge in [0.15, 0.2) is 0 Å². The molecule has 1 N–H and O–H groups in total. The Kier molecular flexibility index (Phi) is 3.12. The van der Waals surface area contributed by atoms with Gasteiger partial charge in [0.25, 0.3) is 0 Å². The Labute approximate surface area is 106 Å². The number of hydrogen-bond acceptors (Lipinski definition) is 3. The summed E-state index contributed by atoms with van der Waals surface area (Å²) < 4.78 is 1.33. The van der Waals surface area contributed by atoms with Crippen LogP contribution in [0, 0.1) is 6.92 Å². The van der Waals surface area contributed by atoms with Crippen LogP contribution in [0.4, 0.5) is 0 Å². The summed E-state index contributed by atoms with van der Waals surface area (Å²) in [6.07, 6.45) is 5.22. The fourth-order valence-corrected chi connectivity index (χ4v) is 3.65. The molecule has 0 amide bonds. The van der Waals surface area contributed by atoms with Gasteiger partial charge in [0.05, 0.1) is 16.3 Å². The van der Waals surface area contributed by atoms with Crippen molar-refractivity contribution in [1.29, 1.82) is 0 Å². The maximum absolute atomic E-state index is 4.83. The second-order valence-electron chi connectivity index (χ2n) is 4.83. The van der Waals surface area contributed by atoms with Crippen LogP contribution in [0.1, 0.15) is 42.3 Å². The summed E-state index contributed by atoms with van der Waals surface area (Å²) in [4.78, 5) is 4.83. The molecule has 0 spiro atoms. The first-order valence-electron chi connectivity index (χ1n) is 6.44. The Bertz CT molecular complexity index is 510. The number of para-hydroxylation sites is 1. The SMILES string of the molecule is Cc1cccc2sc(C3CCCCCN3)nc12. The van der Waals surface area contributed by atoms with Crippen LogP contribution in [0.5, 0.6) is 0 Å². The largest absolute Gasteiger partial charge is 0.308 e. The van der Waals surface area contributed by atoms with E-state index in [1.807, 2.05) is 11.3 Å². The van der Waals surface area contributed by atoms with Crippen molar-refractivity contribution < 1.29 is 0 Å². The van der Waals surface area contributed by atoms with Gasteiger partial charge in [-0.05, 0) is 37.9 Å². The Balaban J connectivity index is 1.96. The predicted octanol–water partition coefficient (Wildman–Crippen LogP) is 3.81. The second kappa shape index (κ2) is 4.75. The van der Waals surface area contributed by atoms with Crippen LogP contribution >= 0.6 is 11.3 Å². The van der Waals surface area contributed by atoms with E-state index in [4.69, 9.17) is 4.98 Å². The molecular formula is C14H18N2S. The highest BCUT2D eigenvalue weighted by Crippen LogP contribution is 2.31. The van der Waals surface area contributed by atoms with E-state index in [-0.39, 0.29) is 0 Å². The zero-order chi connectivity index (χ0) is 11.7.